The van der Waals surface area contributed by atoms with Gasteiger partial charge < -0.3 is 19.9 Å². The van der Waals surface area contributed by atoms with Crippen molar-refractivity contribution in [3.8, 4) is 0 Å². The summed E-state index contributed by atoms with van der Waals surface area (Å²) in [5.41, 5.74) is 3.31. The minimum absolute atomic E-state index is 0.0499. The molecule has 162 valence electrons. The second kappa shape index (κ2) is 9.35. The van der Waals surface area contributed by atoms with Gasteiger partial charge in [0.25, 0.3) is 5.91 Å². The molecule has 0 radical (unpaired) electrons. The lowest BCUT2D eigenvalue weighted by Gasteiger charge is -2.41. The van der Waals surface area contributed by atoms with E-state index in [2.05, 4.69) is 17.2 Å². The maximum absolute atomic E-state index is 13.5. The summed E-state index contributed by atoms with van der Waals surface area (Å²) in [5.74, 6) is -0.617. The van der Waals surface area contributed by atoms with E-state index in [0.717, 1.165) is 34.9 Å². The number of benzene rings is 2. The van der Waals surface area contributed by atoms with Crippen LogP contribution in [-0.2, 0) is 9.53 Å². The van der Waals surface area contributed by atoms with Crippen LogP contribution in [0.15, 0.2) is 54.7 Å². The molecule has 2 heterocycles. The Kier molecular flexibility index (Phi) is 6.37. The molecule has 6 nitrogen and oxygen atoms in total. The molecule has 2 aromatic carbocycles. The van der Waals surface area contributed by atoms with Gasteiger partial charge in [-0.3, -0.25) is 9.59 Å². The lowest BCUT2D eigenvalue weighted by Crippen LogP contribution is -2.48. The number of carbonyl (C=O) groups is 2. The molecule has 1 aliphatic heterocycles. The van der Waals surface area contributed by atoms with Crippen LogP contribution >= 0.6 is 0 Å². The standard InChI is InChI=1S/C25H29N3O3/c1-3-4-13-26-24(29)22-18-10-5-6-11-19(18)25(30)28(14-15-31-2)23(22)20-16-27-21-12-8-7-9-17(20)21/h5-12,16,22-23,27H,3-4,13-15H2,1-2H3,(H,26,29). The Morgan fingerprint density at radius 3 is 2.71 bits per heavy atom. The summed E-state index contributed by atoms with van der Waals surface area (Å²) in [4.78, 5) is 32.1. The maximum Gasteiger partial charge on any atom is 0.254 e. The van der Waals surface area contributed by atoms with Gasteiger partial charge in [-0.2, -0.15) is 0 Å². The van der Waals surface area contributed by atoms with Crippen molar-refractivity contribution < 1.29 is 14.3 Å². The minimum Gasteiger partial charge on any atom is -0.383 e. The quantitative estimate of drug-likeness (QED) is 0.542. The monoisotopic (exact) mass is 419 g/mol. The smallest absolute Gasteiger partial charge is 0.254 e. The average Bonchev–Trinajstić information content (AvgIpc) is 3.22. The van der Waals surface area contributed by atoms with Crippen LogP contribution in [0.25, 0.3) is 10.9 Å². The lowest BCUT2D eigenvalue weighted by molar-refractivity contribution is -0.124. The fourth-order valence-electron chi connectivity index (χ4n) is 4.49. The van der Waals surface area contributed by atoms with E-state index >= 15 is 0 Å². The molecule has 1 aromatic heterocycles. The molecule has 4 rings (SSSR count). The number of aromatic amines is 1. The predicted molar refractivity (Wildman–Crippen MR) is 121 cm³/mol. The molecule has 0 aliphatic carbocycles. The van der Waals surface area contributed by atoms with Gasteiger partial charge in [0.15, 0.2) is 0 Å². The molecule has 2 unspecified atom stereocenters. The summed E-state index contributed by atoms with van der Waals surface area (Å²) >= 11 is 0. The number of aromatic nitrogens is 1. The van der Waals surface area contributed by atoms with E-state index in [1.165, 1.54) is 0 Å². The first-order valence-electron chi connectivity index (χ1n) is 10.9. The highest BCUT2D eigenvalue weighted by atomic mass is 16.5. The van der Waals surface area contributed by atoms with E-state index in [1.807, 2.05) is 54.7 Å². The highest BCUT2D eigenvalue weighted by molar-refractivity contribution is 6.02. The number of methoxy groups -OCH3 is 1. The molecule has 1 aliphatic rings. The van der Waals surface area contributed by atoms with Crippen molar-refractivity contribution in [2.75, 3.05) is 26.8 Å². The number of nitrogens with zero attached hydrogens (tertiary/aromatic N) is 1. The summed E-state index contributed by atoms with van der Waals surface area (Å²) in [5, 5.41) is 4.13. The number of rotatable bonds is 8. The van der Waals surface area contributed by atoms with Gasteiger partial charge in [0.05, 0.1) is 18.6 Å². The van der Waals surface area contributed by atoms with Gasteiger partial charge in [0.2, 0.25) is 5.91 Å². The van der Waals surface area contributed by atoms with Crippen LogP contribution in [-0.4, -0.2) is 48.5 Å². The van der Waals surface area contributed by atoms with Crippen molar-refractivity contribution in [1.29, 1.82) is 0 Å². The zero-order chi connectivity index (χ0) is 21.8. The Balaban J connectivity index is 1.86. The van der Waals surface area contributed by atoms with Crippen LogP contribution in [0.2, 0.25) is 0 Å². The second-order valence-electron chi connectivity index (χ2n) is 7.94. The van der Waals surface area contributed by atoms with Crippen molar-refractivity contribution in [2.45, 2.75) is 31.7 Å². The van der Waals surface area contributed by atoms with Gasteiger partial charge in [-0.25, -0.2) is 0 Å². The molecule has 0 saturated carbocycles. The summed E-state index contributed by atoms with van der Waals surface area (Å²) in [6, 6.07) is 15.0. The summed E-state index contributed by atoms with van der Waals surface area (Å²) in [6.45, 7) is 3.53. The average molecular weight is 420 g/mol. The van der Waals surface area contributed by atoms with Gasteiger partial charge in [-0.1, -0.05) is 49.7 Å². The van der Waals surface area contributed by atoms with Gasteiger partial charge in [0, 0.05) is 48.4 Å². The van der Waals surface area contributed by atoms with Crippen molar-refractivity contribution in [3.63, 3.8) is 0 Å². The van der Waals surface area contributed by atoms with E-state index in [1.54, 1.807) is 12.0 Å². The molecule has 3 aromatic rings. The van der Waals surface area contributed by atoms with Crippen LogP contribution in [0.1, 0.15) is 53.2 Å². The summed E-state index contributed by atoms with van der Waals surface area (Å²) in [6.07, 6.45) is 3.86. The number of hydrogen-bond acceptors (Lipinski definition) is 3. The highest BCUT2D eigenvalue weighted by Gasteiger charge is 2.44. The first-order valence-corrected chi connectivity index (χ1v) is 10.9. The fourth-order valence-corrected chi connectivity index (χ4v) is 4.49. The third-order valence-corrected chi connectivity index (χ3v) is 6.03. The van der Waals surface area contributed by atoms with Crippen LogP contribution in [0.5, 0.6) is 0 Å². The highest BCUT2D eigenvalue weighted by Crippen LogP contribution is 2.44. The Bertz CT molecular complexity index is 1070. The number of amides is 2. The Morgan fingerprint density at radius 1 is 1.13 bits per heavy atom. The third-order valence-electron chi connectivity index (χ3n) is 6.03. The molecule has 0 spiro atoms. The number of H-pyrrole nitrogens is 1. The third kappa shape index (κ3) is 3.95. The van der Waals surface area contributed by atoms with Crippen LogP contribution < -0.4 is 5.32 Å². The number of ether oxygens (including phenoxy) is 1. The van der Waals surface area contributed by atoms with E-state index < -0.39 is 12.0 Å². The molecule has 6 heteroatoms. The second-order valence-corrected chi connectivity index (χ2v) is 7.94. The van der Waals surface area contributed by atoms with Crippen molar-refractivity contribution >= 4 is 22.7 Å². The zero-order valence-electron chi connectivity index (χ0n) is 18.1. The molecule has 2 atom stereocenters. The van der Waals surface area contributed by atoms with Gasteiger partial charge >= 0.3 is 0 Å². The van der Waals surface area contributed by atoms with Crippen molar-refractivity contribution in [3.05, 3.63) is 71.4 Å². The van der Waals surface area contributed by atoms with Crippen molar-refractivity contribution in [1.82, 2.24) is 15.2 Å². The van der Waals surface area contributed by atoms with Gasteiger partial charge in [-0.05, 0) is 24.1 Å². The lowest BCUT2D eigenvalue weighted by atomic mass is 9.79. The molecule has 2 amide bonds. The van der Waals surface area contributed by atoms with Gasteiger partial charge in [-0.15, -0.1) is 0 Å². The molecule has 0 bridgehead atoms. The number of unbranched alkanes of at least 4 members (excludes halogenated alkanes) is 1. The van der Waals surface area contributed by atoms with E-state index in [-0.39, 0.29) is 11.8 Å². The van der Waals surface area contributed by atoms with E-state index in [0.29, 0.717) is 25.3 Å². The fraction of sp³-hybridized carbons (Fsp3) is 0.360. The van der Waals surface area contributed by atoms with E-state index in [4.69, 9.17) is 4.74 Å². The predicted octanol–water partition coefficient (Wildman–Crippen LogP) is 4.01. The summed E-state index contributed by atoms with van der Waals surface area (Å²) in [7, 11) is 1.62. The summed E-state index contributed by atoms with van der Waals surface area (Å²) < 4.78 is 5.31. The SMILES string of the molecule is CCCCNC(=O)C1c2ccccc2C(=O)N(CCOC)C1c1c[nH]c2ccccc12. The number of nitrogens with one attached hydrogen (secondary N) is 2. The molecular formula is C25H29N3O3. The molecule has 31 heavy (non-hydrogen) atoms. The molecule has 0 saturated heterocycles. The van der Waals surface area contributed by atoms with Crippen LogP contribution in [0.4, 0.5) is 0 Å². The normalized spacial score (nSPS) is 18.3. The molecule has 2 N–H and O–H groups in total. The topological polar surface area (TPSA) is 74.4 Å². The van der Waals surface area contributed by atoms with Crippen LogP contribution in [0.3, 0.4) is 0 Å². The number of hydrogen-bond donors (Lipinski definition) is 2. The van der Waals surface area contributed by atoms with E-state index in [9.17, 15) is 9.59 Å². The Hall–Kier alpha value is -3.12. The molecular weight excluding hydrogens is 390 g/mol. The first-order chi connectivity index (χ1) is 15.2. The zero-order valence-corrected chi connectivity index (χ0v) is 18.1. The maximum atomic E-state index is 13.5. The minimum atomic E-state index is -0.498. The first kappa shape index (κ1) is 21.1. The largest absolute Gasteiger partial charge is 0.383 e. The number of carbonyl (C=O) groups excluding carboxylic acids is 2. The molecule has 0 fully saturated rings. The van der Waals surface area contributed by atoms with Crippen LogP contribution in [0, 0.1) is 0 Å². The Morgan fingerprint density at radius 2 is 1.90 bits per heavy atom. The number of para-hydroxylation sites is 1. The Labute approximate surface area is 182 Å². The van der Waals surface area contributed by atoms with Crippen molar-refractivity contribution in [2.24, 2.45) is 0 Å². The van der Waals surface area contributed by atoms with Gasteiger partial charge in [0.1, 0.15) is 0 Å². The number of fused-ring (bicyclic) bond motifs is 2.